The number of carbonyl (C=O) groups excluding carboxylic acids is 1. The van der Waals surface area contributed by atoms with Crippen molar-refractivity contribution in [3.8, 4) is 5.75 Å². The quantitative estimate of drug-likeness (QED) is 0.415. The zero-order chi connectivity index (χ0) is 20.1. The molecule has 1 aromatic carbocycles. The van der Waals surface area contributed by atoms with Crippen LogP contribution in [0.1, 0.15) is 19.4 Å². The lowest BCUT2D eigenvalue weighted by molar-refractivity contribution is -0.127. The molecule has 0 saturated heterocycles. The molecule has 28 heavy (non-hydrogen) atoms. The van der Waals surface area contributed by atoms with Crippen LogP contribution >= 0.6 is 23.1 Å². The summed E-state index contributed by atoms with van der Waals surface area (Å²) in [6.07, 6.45) is 0. The maximum atomic E-state index is 13.1. The van der Waals surface area contributed by atoms with Gasteiger partial charge in [-0.15, -0.1) is 11.3 Å². The molecule has 148 valence electrons. The molecule has 0 bridgehead atoms. The van der Waals surface area contributed by atoms with Crippen LogP contribution in [0.15, 0.2) is 45.7 Å². The largest absolute Gasteiger partial charge is 0.497 e. The highest BCUT2D eigenvalue weighted by atomic mass is 32.2. The minimum atomic E-state index is -0.0828. The number of fused-ring (bicyclic) bond motifs is 1. The summed E-state index contributed by atoms with van der Waals surface area (Å²) in [6.45, 7) is 5.63. The van der Waals surface area contributed by atoms with Gasteiger partial charge >= 0.3 is 0 Å². The molecule has 0 N–H and O–H groups in total. The predicted octanol–water partition coefficient (Wildman–Crippen LogP) is 3.48. The van der Waals surface area contributed by atoms with Crippen LogP contribution in [0.5, 0.6) is 5.75 Å². The zero-order valence-electron chi connectivity index (χ0n) is 16.2. The molecule has 0 unspecified atom stereocenters. The Morgan fingerprint density at radius 2 is 2.07 bits per heavy atom. The zero-order valence-corrected chi connectivity index (χ0v) is 17.8. The van der Waals surface area contributed by atoms with Gasteiger partial charge in [0.05, 0.1) is 24.9 Å². The van der Waals surface area contributed by atoms with Crippen molar-refractivity contribution >= 4 is 39.2 Å². The fourth-order valence-electron chi connectivity index (χ4n) is 2.92. The van der Waals surface area contributed by atoms with Gasteiger partial charge in [-0.1, -0.05) is 23.9 Å². The monoisotopic (exact) mass is 417 g/mol. The number of benzene rings is 1. The SMILES string of the molecule is CCN(CC)C(=O)CSc1nc2ccsc2c(=O)n1Cc1cccc(OC)c1. The second-order valence-electron chi connectivity index (χ2n) is 6.13. The highest BCUT2D eigenvalue weighted by Crippen LogP contribution is 2.23. The van der Waals surface area contributed by atoms with E-state index in [1.54, 1.807) is 16.6 Å². The first kappa shape index (κ1) is 20.4. The van der Waals surface area contributed by atoms with Crippen molar-refractivity contribution in [3.05, 3.63) is 51.6 Å². The van der Waals surface area contributed by atoms with Gasteiger partial charge in [-0.25, -0.2) is 4.98 Å². The number of rotatable bonds is 8. The van der Waals surface area contributed by atoms with Crippen molar-refractivity contribution < 1.29 is 9.53 Å². The molecule has 8 heteroatoms. The van der Waals surface area contributed by atoms with Crippen molar-refractivity contribution in [2.45, 2.75) is 25.5 Å². The van der Waals surface area contributed by atoms with Gasteiger partial charge in [0.15, 0.2) is 5.16 Å². The number of aromatic nitrogens is 2. The highest BCUT2D eigenvalue weighted by molar-refractivity contribution is 7.99. The number of hydrogen-bond donors (Lipinski definition) is 0. The van der Waals surface area contributed by atoms with E-state index in [0.717, 1.165) is 11.3 Å². The molecule has 1 amide bonds. The number of thioether (sulfide) groups is 1. The van der Waals surface area contributed by atoms with Crippen LogP contribution in [0.25, 0.3) is 10.2 Å². The molecule has 3 rings (SSSR count). The molecule has 0 aliphatic carbocycles. The highest BCUT2D eigenvalue weighted by Gasteiger charge is 2.16. The average molecular weight is 418 g/mol. The third-order valence-electron chi connectivity index (χ3n) is 4.45. The molecule has 0 radical (unpaired) electrons. The number of nitrogens with zero attached hydrogens (tertiary/aromatic N) is 3. The number of methoxy groups -OCH3 is 1. The number of hydrogen-bond acceptors (Lipinski definition) is 6. The summed E-state index contributed by atoms with van der Waals surface area (Å²) < 4.78 is 7.56. The molecule has 2 aromatic heterocycles. The smallest absolute Gasteiger partial charge is 0.272 e. The van der Waals surface area contributed by atoms with E-state index < -0.39 is 0 Å². The van der Waals surface area contributed by atoms with Crippen LogP contribution in [-0.4, -0.2) is 46.3 Å². The maximum absolute atomic E-state index is 13.1. The molecule has 0 aliphatic heterocycles. The van der Waals surface area contributed by atoms with E-state index in [-0.39, 0.29) is 17.2 Å². The molecule has 2 heterocycles. The van der Waals surface area contributed by atoms with E-state index in [4.69, 9.17) is 4.74 Å². The Hall–Kier alpha value is -2.32. The summed E-state index contributed by atoms with van der Waals surface area (Å²) in [4.78, 5) is 31.9. The van der Waals surface area contributed by atoms with E-state index in [1.807, 2.05) is 49.6 Å². The average Bonchev–Trinajstić information content (AvgIpc) is 3.18. The predicted molar refractivity (Wildman–Crippen MR) is 115 cm³/mol. The van der Waals surface area contributed by atoms with Crippen molar-refractivity contribution in [3.63, 3.8) is 0 Å². The summed E-state index contributed by atoms with van der Waals surface area (Å²) in [7, 11) is 1.62. The van der Waals surface area contributed by atoms with Gasteiger partial charge in [-0.3, -0.25) is 14.2 Å². The fourth-order valence-corrected chi connectivity index (χ4v) is 4.60. The summed E-state index contributed by atoms with van der Waals surface area (Å²) in [6, 6.07) is 9.45. The van der Waals surface area contributed by atoms with Crippen molar-refractivity contribution in [1.29, 1.82) is 0 Å². The van der Waals surface area contributed by atoms with Crippen LogP contribution < -0.4 is 10.3 Å². The first-order valence-electron chi connectivity index (χ1n) is 9.08. The lowest BCUT2D eigenvalue weighted by Gasteiger charge is -2.18. The standard InChI is InChI=1S/C20H23N3O3S2/c1-4-22(5-2)17(24)13-28-20-21-16-9-10-27-18(16)19(25)23(20)12-14-7-6-8-15(11-14)26-3/h6-11H,4-5,12-13H2,1-3H3. The molecule has 0 atom stereocenters. The van der Waals surface area contributed by atoms with Crippen molar-refractivity contribution in [2.24, 2.45) is 0 Å². The number of ether oxygens (including phenoxy) is 1. The molecule has 3 aromatic rings. The Morgan fingerprint density at radius 3 is 2.79 bits per heavy atom. The van der Waals surface area contributed by atoms with Crippen LogP contribution in [0.3, 0.4) is 0 Å². The first-order chi connectivity index (χ1) is 13.6. The summed E-state index contributed by atoms with van der Waals surface area (Å²) in [5, 5.41) is 2.42. The van der Waals surface area contributed by atoms with Gasteiger partial charge in [0.2, 0.25) is 5.91 Å². The summed E-state index contributed by atoms with van der Waals surface area (Å²) >= 11 is 2.70. The Morgan fingerprint density at radius 1 is 1.29 bits per heavy atom. The van der Waals surface area contributed by atoms with Crippen LogP contribution in [-0.2, 0) is 11.3 Å². The van der Waals surface area contributed by atoms with Gasteiger partial charge in [-0.2, -0.15) is 0 Å². The molecule has 6 nitrogen and oxygen atoms in total. The van der Waals surface area contributed by atoms with Gasteiger partial charge < -0.3 is 9.64 Å². The lowest BCUT2D eigenvalue weighted by Crippen LogP contribution is -2.32. The minimum absolute atomic E-state index is 0.0441. The van der Waals surface area contributed by atoms with Gasteiger partial charge in [0.25, 0.3) is 5.56 Å². The molecular weight excluding hydrogens is 394 g/mol. The third-order valence-corrected chi connectivity index (χ3v) is 6.30. The van der Waals surface area contributed by atoms with Crippen LogP contribution in [0.4, 0.5) is 0 Å². The normalized spacial score (nSPS) is 11.0. The third kappa shape index (κ3) is 4.39. The first-order valence-corrected chi connectivity index (χ1v) is 10.9. The minimum Gasteiger partial charge on any atom is -0.497 e. The fraction of sp³-hybridized carbons (Fsp3) is 0.350. The lowest BCUT2D eigenvalue weighted by atomic mass is 10.2. The maximum Gasteiger partial charge on any atom is 0.272 e. The summed E-state index contributed by atoms with van der Waals surface area (Å²) in [5.41, 5.74) is 1.53. The van der Waals surface area contributed by atoms with E-state index in [2.05, 4.69) is 4.98 Å². The molecule has 0 spiro atoms. The van der Waals surface area contributed by atoms with Crippen molar-refractivity contribution in [1.82, 2.24) is 14.5 Å². The second kappa shape index (κ2) is 9.25. The molecular formula is C20H23N3O3S2. The van der Waals surface area contributed by atoms with E-state index in [1.165, 1.54) is 23.1 Å². The molecule has 0 aliphatic rings. The van der Waals surface area contributed by atoms with Crippen LogP contribution in [0, 0.1) is 0 Å². The van der Waals surface area contributed by atoms with Gasteiger partial charge in [-0.05, 0) is 43.0 Å². The number of carbonyl (C=O) groups is 1. The van der Waals surface area contributed by atoms with Gasteiger partial charge in [0.1, 0.15) is 10.4 Å². The summed E-state index contributed by atoms with van der Waals surface area (Å²) in [5.74, 6) is 1.03. The topological polar surface area (TPSA) is 64.4 Å². The Bertz CT molecular complexity index is 1020. The molecule has 0 saturated carbocycles. The Labute approximate surface area is 172 Å². The van der Waals surface area contributed by atoms with E-state index >= 15 is 0 Å². The van der Waals surface area contributed by atoms with Crippen molar-refractivity contribution in [2.75, 3.05) is 26.0 Å². The number of amides is 1. The van der Waals surface area contributed by atoms with E-state index in [9.17, 15) is 9.59 Å². The number of thiophene rings is 1. The second-order valence-corrected chi connectivity index (χ2v) is 7.99. The van der Waals surface area contributed by atoms with Gasteiger partial charge in [0, 0.05) is 13.1 Å². The Kier molecular flexibility index (Phi) is 6.74. The molecule has 0 fully saturated rings. The van der Waals surface area contributed by atoms with E-state index in [0.29, 0.717) is 35.0 Å². The Balaban J connectivity index is 1.95. The van der Waals surface area contributed by atoms with Crippen LogP contribution in [0.2, 0.25) is 0 Å².